The van der Waals surface area contributed by atoms with E-state index in [-0.39, 0.29) is 0 Å². The lowest BCUT2D eigenvalue weighted by Gasteiger charge is -2.06. The average molecular weight is 395 g/mol. The van der Waals surface area contributed by atoms with E-state index in [1.54, 1.807) is 0 Å². The van der Waals surface area contributed by atoms with Crippen molar-refractivity contribution in [3.63, 3.8) is 0 Å². The van der Waals surface area contributed by atoms with E-state index in [0.717, 1.165) is 40.6 Å². The Morgan fingerprint density at radius 1 is 1.35 bits per heavy atom. The number of esters is 1. The number of nitrogens with zero attached hydrogens (tertiary/aromatic N) is 1. The number of thiazole rings is 1. The zero-order valence-electron chi connectivity index (χ0n) is 13.3. The average Bonchev–Trinajstić information content (AvgIpc) is 3.00. The Labute approximate surface area is 154 Å². The van der Waals surface area contributed by atoms with Crippen molar-refractivity contribution in [2.45, 2.75) is 17.0 Å². The Hall–Kier alpha value is -2.52. The Balaban J connectivity index is 1.71. The van der Waals surface area contributed by atoms with Gasteiger partial charge in [-0.1, -0.05) is 17.8 Å². The fraction of sp³-hybridized carbons (Fsp3) is 0.118. The lowest BCUT2D eigenvalue weighted by molar-refractivity contribution is 0.0718. The predicted molar refractivity (Wildman–Crippen MR) is 92.7 cm³/mol. The van der Waals surface area contributed by atoms with Crippen molar-refractivity contribution < 1.29 is 22.7 Å². The van der Waals surface area contributed by atoms with Gasteiger partial charge in [-0.15, -0.1) is 11.3 Å². The van der Waals surface area contributed by atoms with Crippen LogP contribution >= 0.6 is 23.1 Å². The van der Waals surface area contributed by atoms with Crippen molar-refractivity contribution in [1.29, 1.82) is 0 Å². The molecule has 0 aliphatic heterocycles. The number of aryl methyl sites for hydroxylation is 1. The number of rotatable bonds is 5. The Morgan fingerprint density at radius 2 is 2.08 bits per heavy atom. The Morgan fingerprint density at radius 3 is 2.69 bits per heavy atom. The first-order chi connectivity index (χ1) is 12.4. The van der Waals surface area contributed by atoms with E-state index in [2.05, 4.69) is 4.98 Å². The van der Waals surface area contributed by atoms with Crippen molar-refractivity contribution >= 4 is 29.1 Å². The summed E-state index contributed by atoms with van der Waals surface area (Å²) in [6.07, 6.45) is 0.946. The van der Waals surface area contributed by atoms with E-state index < -0.39 is 34.3 Å². The molecule has 3 rings (SSSR count). The molecular formula is C17H11F2NO4S2. The van der Waals surface area contributed by atoms with Crippen LogP contribution < -0.4 is 10.2 Å². The molecule has 0 N–H and O–H groups in total. The largest absolute Gasteiger partial charge is 0.464 e. The minimum atomic E-state index is -1.31. The lowest BCUT2D eigenvalue weighted by atomic mass is 10.2. The van der Waals surface area contributed by atoms with E-state index in [4.69, 9.17) is 9.15 Å². The summed E-state index contributed by atoms with van der Waals surface area (Å²) in [7, 11) is 0. The Kier molecular flexibility index (Phi) is 5.48. The van der Waals surface area contributed by atoms with Crippen LogP contribution in [0.15, 0.2) is 49.5 Å². The summed E-state index contributed by atoms with van der Waals surface area (Å²) in [5.74, 6) is -3.20. The highest BCUT2D eigenvalue weighted by molar-refractivity contribution is 8.00. The zero-order chi connectivity index (χ0) is 18.7. The van der Waals surface area contributed by atoms with Crippen molar-refractivity contribution in [3.8, 4) is 5.75 Å². The first kappa shape index (κ1) is 18.3. The van der Waals surface area contributed by atoms with Crippen LogP contribution in [0.2, 0.25) is 0 Å². The first-order valence-corrected chi connectivity index (χ1v) is 9.13. The van der Waals surface area contributed by atoms with Crippen molar-refractivity contribution in [1.82, 2.24) is 4.98 Å². The number of ether oxygens (including phenoxy) is 1. The maximum atomic E-state index is 13.6. The van der Waals surface area contributed by atoms with Gasteiger partial charge in [0.1, 0.15) is 29.2 Å². The molecule has 0 aliphatic rings. The first-order valence-electron chi connectivity index (χ1n) is 7.27. The monoisotopic (exact) mass is 395 g/mol. The molecule has 9 heteroatoms. The molecule has 134 valence electrons. The van der Waals surface area contributed by atoms with Gasteiger partial charge in [0.2, 0.25) is 11.2 Å². The summed E-state index contributed by atoms with van der Waals surface area (Å²) in [5, 5.41) is 1.91. The second-order valence-electron chi connectivity index (χ2n) is 5.10. The molecule has 0 atom stereocenters. The minimum absolute atomic E-state index is 0.352. The number of carbonyl (C=O) groups is 1. The van der Waals surface area contributed by atoms with Crippen LogP contribution in [0.5, 0.6) is 5.75 Å². The van der Waals surface area contributed by atoms with Crippen molar-refractivity contribution in [2.24, 2.45) is 0 Å². The van der Waals surface area contributed by atoms with Crippen LogP contribution in [0.3, 0.4) is 0 Å². The van der Waals surface area contributed by atoms with Crippen LogP contribution in [0.1, 0.15) is 21.8 Å². The number of hydrogen-bond donors (Lipinski definition) is 0. The maximum absolute atomic E-state index is 13.6. The summed E-state index contributed by atoms with van der Waals surface area (Å²) in [6, 6.07) is 4.12. The number of hydrogen-bond acceptors (Lipinski definition) is 7. The van der Waals surface area contributed by atoms with Crippen LogP contribution in [0, 0.1) is 18.6 Å². The van der Waals surface area contributed by atoms with Gasteiger partial charge < -0.3 is 9.15 Å². The molecule has 0 unspecified atom stereocenters. The van der Waals surface area contributed by atoms with Crippen molar-refractivity contribution in [2.75, 3.05) is 0 Å². The molecule has 0 saturated carbocycles. The second kappa shape index (κ2) is 7.79. The molecule has 0 amide bonds. The minimum Gasteiger partial charge on any atom is -0.464 e. The third kappa shape index (κ3) is 4.17. The van der Waals surface area contributed by atoms with E-state index in [1.165, 1.54) is 23.1 Å². The zero-order valence-corrected chi connectivity index (χ0v) is 15.0. The third-order valence-electron chi connectivity index (χ3n) is 3.16. The molecule has 3 aromatic rings. The number of aromatic nitrogens is 1. The van der Waals surface area contributed by atoms with Crippen molar-refractivity contribution in [3.05, 3.63) is 74.8 Å². The third-order valence-corrected chi connectivity index (χ3v) is 5.32. The maximum Gasteiger partial charge on any atom is 0.349 e. The standard InChI is InChI=1S/C17H11F2NO4S2/c1-9-7-25-17(20-9)26-8-10-5-13(21)14(6-23-10)24-16(22)15-11(18)3-2-4-12(15)19/h2-7H,8H2,1H3. The van der Waals surface area contributed by atoms with Gasteiger partial charge in [0, 0.05) is 17.1 Å². The number of thioether (sulfide) groups is 1. The molecular weight excluding hydrogens is 384 g/mol. The summed E-state index contributed by atoms with van der Waals surface area (Å²) in [5.41, 5.74) is -0.598. The molecule has 0 spiro atoms. The molecule has 0 fully saturated rings. The van der Waals surface area contributed by atoms with Gasteiger partial charge in [0.05, 0.1) is 5.75 Å². The van der Waals surface area contributed by atoms with Crippen LogP contribution in [0.4, 0.5) is 8.78 Å². The summed E-state index contributed by atoms with van der Waals surface area (Å²) >= 11 is 2.87. The lowest BCUT2D eigenvalue weighted by Crippen LogP contribution is -2.17. The molecule has 2 aromatic heterocycles. The molecule has 0 aliphatic carbocycles. The Bertz CT molecular complexity index is 996. The van der Waals surface area contributed by atoms with E-state index in [9.17, 15) is 18.4 Å². The number of benzene rings is 1. The van der Waals surface area contributed by atoms with Gasteiger partial charge in [0.15, 0.2) is 4.34 Å². The van der Waals surface area contributed by atoms with Gasteiger partial charge in [-0.3, -0.25) is 4.79 Å². The summed E-state index contributed by atoms with van der Waals surface area (Å²) in [6.45, 7) is 1.88. The topological polar surface area (TPSA) is 69.4 Å². The van der Waals surface area contributed by atoms with E-state index in [1.807, 2.05) is 12.3 Å². The fourth-order valence-corrected chi connectivity index (χ4v) is 3.70. The molecule has 1 aromatic carbocycles. The van der Waals surface area contributed by atoms with E-state index in [0.29, 0.717) is 11.5 Å². The normalized spacial score (nSPS) is 10.7. The van der Waals surface area contributed by atoms with Gasteiger partial charge in [-0.25, -0.2) is 18.6 Å². The smallest absolute Gasteiger partial charge is 0.349 e. The summed E-state index contributed by atoms with van der Waals surface area (Å²) < 4.78 is 38.0. The van der Waals surface area contributed by atoms with Crippen LogP contribution in [-0.2, 0) is 5.75 Å². The van der Waals surface area contributed by atoms with Gasteiger partial charge in [0.25, 0.3) is 0 Å². The second-order valence-corrected chi connectivity index (χ2v) is 7.19. The summed E-state index contributed by atoms with van der Waals surface area (Å²) in [4.78, 5) is 28.2. The number of halogens is 2. The molecule has 0 bridgehead atoms. The molecule has 0 radical (unpaired) electrons. The van der Waals surface area contributed by atoms with E-state index >= 15 is 0 Å². The number of carbonyl (C=O) groups excluding carboxylic acids is 1. The SMILES string of the molecule is Cc1csc(SCc2cc(=O)c(OC(=O)c3c(F)cccc3F)co2)n1. The molecule has 26 heavy (non-hydrogen) atoms. The van der Waals surface area contributed by atoms with Crippen LogP contribution in [-0.4, -0.2) is 11.0 Å². The van der Waals surface area contributed by atoms with Gasteiger partial charge >= 0.3 is 5.97 Å². The molecule has 2 heterocycles. The predicted octanol–water partition coefficient (Wildman–Crippen LogP) is 4.19. The highest BCUT2D eigenvalue weighted by atomic mass is 32.2. The fourth-order valence-electron chi connectivity index (χ4n) is 1.96. The molecule has 5 nitrogen and oxygen atoms in total. The highest BCUT2D eigenvalue weighted by Gasteiger charge is 2.20. The van der Waals surface area contributed by atoms with Gasteiger partial charge in [-0.05, 0) is 19.1 Å². The van der Waals surface area contributed by atoms with Crippen LogP contribution in [0.25, 0.3) is 0 Å². The highest BCUT2D eigenvalue weighted by Crippen LogP contribution is 2.26. The quantitative estimate of drug-likeness (QED) is 0.477. The molecule has 0 saturated heterocycles. The van der Waals surface area contributed by atoms with Gasteiger partial charge in [-0.2, -0.15) is 0 Å².